The van der Waals surface area contributed by atoms with Crippen LogP contribution in [-0.4, -0.2) is 4.57 Å². The van der Waals surface area contributed by atoms with E-state index in [1.165, 1.54) is 59.0 Å². The van der Waals surface area contributed by atoms with E-state index in [1.807, 2.05) is 0 Å². The highest BCUT2D eigenvalue weighted by atomic mass is 15.1. The van der Waals surface area contributed by atoms with Crippen LogP contribution in [0.2, 0.25) is 0 Å². The molecule has 0 saturated heterocycles. The Labute approximate surface area is 151 Å². The van der Waals surface area contributed by atoms with Crippen molar-refractivity contribution in [3.63, 3.8) is 0 Å². The first kappa shape index (κ1) is 17.4. The van der Waals surface area contributed by atoms with Gasteiger partial charge in [-0.25, -0.2) is 0 Å². The van der Waals surface area contributed by atoms with E-state index in [-0.39, 0.29) is 0 Å². The number of aromatic nitrogens is 1. The van der Waals surface area contributed by atoms with Crippen molar-refractivity contribution in [2.24, 2.45) is 0 Å². The van der Waals surface area contributed by atoms with E-state index in [1.54, 1.807) is 0 Å². The molecule has 25 heavy (non-hydrogen) atoms. The maximum atomic E-state index is 4.00. The zero-order chi connectivity index (χ0) is 18.0. The summed E-state index contributed by atoms with van der Waals surface area (Å²) in [4.78, 5) is 0. The lowest BCUT2D eigenvalue weighted by atomic mass is 9.74. The van der Waals surface area contributed by atoms with E-state index in [4.69, 9.17) is 0 Å². The molecule has 3 aromatic rings. The molecule has 1 nitrogen and oxygen atoms in total. The van der Waals surface area contributed by atoms with E-state index in [0.29, 0.717) is 5.54 Å². The van der Waals surface area contributed by atoms with Gasteiger partial charge in [0.05, 0.1) is 0 Å². The Morgan fingerprint density at radius 2 is 1.56 bits per heavy atom. The molecular formula is C24H27N. The molecule has 0 amide bonds. The highest BCUT2D eigenvalue weighted by molar-refractivity contribution is 5.88. The minimum atomic E-state index is 0.317. The third-order valence-electron chi connectivity index (χ3n) is 5.72. The Morgan fingerprint density at radius 1 is 0.920 bits per heavy atom. The van der Waals surface area contributed by atoms with Crippen LogP contribution in [0.15, 0.2) is 48.5 Å². The van der Waals surface area contributed by atoms with Gasteiger partial charge >= 0.3 is 0 Å². The van der Waals surface area contributed by atoms with Crippen LogP contribution in [0.3, 0.4) is 0 Å². The average molecular weight is 329 g/mol. The van der Waals surface area contributed by atoms with Crippen molar-refractivity contribution in [2.75, 3.05) is 0 Å². The second kappa shape index (κ2) is 6.81. The Bertz CT molecular complexity index is 883. The summed E-state index contributed by atoms with van der Waals surface area (Å²) in [5.41, 5.74) is 7.09. The van der Waals surface area contributed by atoms with Crippen LogP contribution >= 0.6 is 0 Å². The van der Waals surface area contributed by atoms with Crippen molar-refractivity contribution in [3.05, 3.63) is 59.7 Å². The molecule has 0 bridgehead atoms. The first-order chi connectivity index (χ1) is 12.1. The van der Waals surface area contributed by atoms with Crippen LogP contribution in [-0.2, 0) is 5.54 Å². The van der Waals surface area contributed by atoms with Crippen molar-refractivity contribution in [2.45, 2.75) is 52.0 Å². The molecule has 1 saturated carbocycles. The zero-order valence-electron chi connectivity index (χ0n) is 15.5. The fourth-order valence-electron chi connectivity index (χ4n) is 4.10. The van der Waals surface area contributed by atoms with E-state index >= 15 is 0 Å². The Hall–Kier alpha value is -2.46. The maximum absolute atomic E-state index is 4.00. The molecule has 1 heterocycles. The van der Waals surface area contributed by atoms with Gasteiger partial charge in [-0.1, -0.05) is 48.4 Å². The fraction of sp³-hybridized carbons (Fsp3) is 0.333. The first-order valence-electron chi connectivity index (χ1n) is 9.16. The van der Waals surface area contributed by atoms with Crippen LogP contribution in [0.25, 0.3) is 22.2 Å². The molecule has 4 rings (SSSR count). The van der Waals surface area contributed by atoms with Gasteiger partial charge in [0.2, 0.25) is 0 Å². The summed E-state index contributed by atoms with van der Waals surface area (Å²) in [6.45, 7) is 6.68. The van der Waals surface area contributed by atoms with Gasteiger partial charge in [0.25, 0.3) is 0 Å². The van der Waals surface area contributed by atoms with Crippen molar-refractivity contribution in [1.29, 1.82) is 0 Å². The van der Waals surface area contributed by atoms with E-state index in [0.717, 1.165) is 0 Å². The minimum absolute atomic E-state index is 0.317. The zero-order valence-corrected chi connectivity index (χ0v) is 15.5. The van der Waals surface area contributed by atoms with E-state index < -0.39 is 0 Å². The summed E-state index contributed by atoms with van der Waals surface area (Å²) in [5, 5.41) is 1.38. The molecule has 0 radical (unpaired) electrons. The standard InChI is InChI=1S/C22H25N.C2H2/c1-4-22(12-5-13-22)23-20-11-8-17(3)14-19(20)15-21(23)18-9-6-16(2)7-10-18;1-2/h6-11,14-15H,4-5,12-13H2,1-3H3;1-2H. The smallest absolute Gasteiger partial charge is 0.0496 e. The van der Waals surface area contributed by atoms with E-state index in [9.17, 15) is 0 Å². The highest BCUT2D eigenvalue weighted by Crippen LogP contribution is 2.47. The minimum Gasteiger partial charge on any atom is -0.334 e. The van der Waals surface area contributed by atoms with Gasteiger partial charge < -0.3 is 4.57 Å². The molecule has 0 atom stereocenters. The predicted molar refractivity (Wildman–Crippen MR) is 109 cm³/mol. The second-order valence-electron chi connectivity index (χ2n) is 7.22. The average Bonchev–Trinajstić information content (AvgIpc) is 2.96. The third kappa shape index (κ3) is 2.87. The molecule has 0 aliphatic heterocycles. The second-order valence-corrected chi connectivity index (χ2v) is 7.22. The van der Waals surface area contributed by atoms with Gasteiger partial charge in [-0.3, -0.25) is 0 Å². The van der Waals surface area contributed by atoms with Gasteiger partial charge in [-0.15, -0.1) is 12.8 Å². The molecular weight excluding hydrogens is 302 g/mol. The van der Waals surface area contributed by atoms with Crippen LogP contribution < -0.4 is 0 Å². The number of benzene rings is 2. The maximum Gasteiger partial charge on any atom is 0.0496 e. The van der Waals surface area contributed by atoms with Crippen LogP contribution in [0.1, 0.15) is 43.7 Å². The first-order valence-corrected chi connectivity index (χ1v) is 9.16. The third-order valence-corrected chi connectivity index (χ3v) is 5.72. The molecule has 0 unspecified atom stereocenters. The topological polar surface area (TPSA) is 4.93 Å². The number of terminal acetylenes is 1. The summed E-state index contributed by atoms with van der Waals surface area (Å²) in [6, 6.07) is 18.3. The highest BCUT2D eigenvalue weighted by Gasteiger charge is 2.39. The Morgan fingerprint density at radius 3 is 2.12 bits per heavy atom. The molecule has 2 aromatic carbocycles. The summed E-state index contributed by atoms with van der Waals surface area (Å²) in [6.07, 6.45) is 13.2. The normalized spacial score (nSPS) is 15.2. The number of nitrogens with zero attached hydrogens (tertiary/aromatic N) is 1. The molecule has 1 aromatic heterocycles. The largest absolute Gasteiger partial charge is 0.334 e. The van der Waals surface area contributed by atoms with E-state index in [2.05, 4.69) is 86.7 Å². The van der Waals surface area contributed by atoms with Gasteiger partial charge in [0.1, 0.15) is 0 Å². The monoisotopic (exact) mass is 329 g/mol. The number of aryl methyl sites for hydroxylation is 2. The summed E-state index contributed by atoms with van der Waals surface area (Å²) < 4.78 is 2.65. The van der Waals surface area contributed by atoms with Crippen molar-refractivity contribution >= 4 is 10.9 Å². The molecule has 0 N–H and O–H groups in total. The lowest BCUT2D eigenvalue weighted by Gasteiger charge is -2.44. The number of hydrogen-bond acceptors (Lipinski definition) is 0. The van der Waals surface area contributed by atoms with Crippen molar-refractivity contribution in [3.8, 4) is 24.1 Å². The van der Waals surface area contributed by atoms with Gasteiger partial charge in [-0.05, 0) is 63.3 Å². The predicted octanol–water partition coefficient (Wildman–Crippen LogP) is 6.46. The Balaban J connectivity index is 0.000000880. The van der Waals surface area contributed by atoms with Gasteiger partial charge in [0.15, 0.2) is 0 Å². The molecule has 128 valence electrons. The molecule has 1 aliphatic rings. The number of rotatable bonds is 3. The number of fused-ring (bicyclic) bond motifs is 1. The molecule has 0 spiro atoms. The Kier molecular flexibility index (Phi) is 4.73. The molecule has 1 aliphatic carbocycles. The van der Waals surface area contributed by atoms with Crippen LogP contribution in [0.5, 0.6) is 0 Å². The van der Waals surface area contributed by atoms with Crippen LogP contribution in [0, 0.1) is 26.7 Å². The summed E-state index contributed by atoms with van der Waals surface area (Å²) >= 11 is 0. The summed E-state index contributed by atoms with van der Waals surface area (Å²) in [7, 11) is 0. The van der Waals surface area contributed by atoms with Crippen molar-refractivity contribution < 1.29 is 0 Å². The SMILES string of the molecule is C#C.CCC1(n2c(-c3ccc(C)cc3)cc3cc(C)ccc32)CCC1. The number of hydrogen-bond donors (Lipinski definition) is 0. The molecule has 1 fully saturated rings. The van der Waals surface area contributed by atoms with Crippen LogP contribution in [0.4, 0.5) is 0 Å². The lowest BCUT2D eigenvalue weighted by Crippen LogP contribution is -2.40. The summed E-state index contributed by atoms with van der Waals surface area (Å²) in [5.74, 6) is 0. The fourth-order valence-corrected chi connectivity index (χ4v) is 4.10. The quantitative estimate of drug-likeness (QED) is 0.486. The van der Waals surface area contributed by atoms with Gasteiger partial charge in [-0.2, -0.15) is 0 Å². The lowest BCUT2D eigenvalue weighted by molar-refractivity contribution is 0.144. The van der Waals surface area contributed by atoms with Gasteiger partial charge in [0, 0.05) is 22.1 Å². The molecule has 1 heteroatoms. The van der Waals surface area contributed by atoms with Crippen molar-refractivity contribution in [1.82, 2.24) is 4.57 Å².